The van der Waals surface area contributed by atoms with Crippen LogP contribution in [0.3, 0.4) is 0 Å². The highest BCUT2D eigenvalue weighted by atomic mass is 19.4. The third-order valence-electron chi connectivity index (χ3n) is 3.03. The average molecular weight is 386 g/mol. The Morgan fingerprint density at radius 2 is 1.68 bits per heavy atom. The summed E-state index contributed by atoms with van der Waals surface area (Å²) in [5, 5.41) is 0. The molecule has 0 aromatic rings. The fourth-order valence-corrected chi connectivity index (χ4v) is 1.88. The molecule has 144 valence electrons. The van der Waals surface area contributed by atoms with Crippen LogP contribution in [0.4, 0.5) is 35.1 Å². The van der Waals surface area contributed by atoms with Crippen LogP contribution in [0.15, 0.2) is 12.2 Å². The maximum Gasteiger partial charge on any atom is 0.462 e. The van der Waals surface area contributed by atoms with Gasteiger partial charge >= 0.3 is 36.0 Å². The van der Waals surface area contributed by atoms with Crippen molar-refractivity contribution in [3.63, 3.8) is 0 Å². The second-order valence-corrected chi connectivity index (χ2v) is 4.84. The van der Waals surface area contributed by atoms with E-state index in [4.69, 9.17) is 0 Å². The summed E-state index contributed by atoms with van der Waals surface area (Å²) in [6.45, 7) is 1.53. The smallest absolute Gasteiger partial charge is 0.452 e. The van der Waals surface area contributed by atoms with Crippen molar-refractivity contribution in [3.05, 3.63) is 12.2 Å². The highest BCUT2D eigenvalue weighted by Gasteiger charge is 2.79. The van der Waals surface area contributed by atoms with Gasteiger partial charge in [-0.05, 0) is 0 Å². The van der Waals surface area contributed by atoms with Crippen LogP contribution in [-0.4, -0.2) is 48.7 Å². The predicted octanol–water partition coefficient (Wildman–Crippen LogP) is 2.89. The summed E-state index contributed by atoms with van der Waals surface area (Å²) in [4.78, 5) is 22.0. The molecule has 1 aliphatic heterocycles. The van der Waals surface area contributed by atoms with Gasteiger partial charge in [-0.25, -0.2) is 4.79 Å². The number of ether oxygens (including phenoxy) is 3. The quantitative estimate of drug-likeness (QED) is 0.424. The minimum Gasteiger partial charge on any atom is -0.452 e. The molecular weight excluding hydrogens is 376 g/mol. The number of carbonyl (C=O) groups excluding carboxylic acids is 2. The van der Waals surface area contributed by atoms with Gasteiger partial charge in [-0.1, -0.05) is 6.58 Å². The monoisotopic (exact) mass is 386 g/mol. The first kappa shape index (κ1) is 21.1. The van der Waals surface area contributed by atoms with Gasteiger partial charge in [-0.2, -0.15) is 35.1 Å². The van der Waals surface area contributed by atoms with Gasteiger partial charge in [0.05, 0.1) is 6.61 Å². The molecule has 2 atom stereocenters. The van der Waals surface area contributed by atoms with Crippen LogP contribution in [0.2, 0.25) is 0 Å². The Balaban J connectivity index is 3.22. The summed E-state index contributed by atoms with van der Waals surface area (Å²) in [5.41, 5.74) is -2.19. The fraction of sp³-hybridized carbons (Fsp3) is 0.667. The Hall–Kier alpha value is -1.92. The predicted molar refractivity (Wildman–Crippen MR) is 61.1 cm³/mol. The maximum absolute atomic E-state index is 14.3. The van der Waals surface area contributed by atoms with Crippen molar-refractivity contribution >= 4 is 11.9 Å². The Morgan fingerprint density at radius 1 is 1.16 bits per heavy atom. The van der Waals surface area contributed by atoms with Crippen molar-refractivity contribution in [2.24, 2.45) is 0 Å². The van der Waals surface area contributed by atoms with Crippen molar-refractivity contribution in [1.82, 2.24) is 0 Å². The van der Waals surface area contributed by atoms with E-state index in [1.807, 2.05) is 0 Å². The van der Waals surface area contributed by atoms with Gasteiger partial charge in [-0.15, -0.1) is 0 Å². The van der Waals surface area contributed by atoms with Gasteiger partial charge < -0.3 is 14.2 Å². The van der Waals surface area contributed by atoms with Crippen LogP contribution < -0.4 is 0 Å². The molecular formula is C12H10F8O5. The summed E-state index contributed by atoms with van der Waals surface area (Å²) in [6, 6.07) is 0. The van der Waals surface area contributed by atoms with Gasteiger partial charge in [0.15, 0.2) is 6.10 Å². The fourth-order valence-electron chi connectivity index (χ4n) is 1.88. The summed E-state index contributed by atoms with van der Waals surface area (Å²) in [5.74, 6) is -14.2. The Labute approximate surface area is 134 Å². The second-order valence-electron chi connectivity index (χ2n) is 4.84. The average Bonchev–Trinajstić information content (AvgIpc) is 2.39. The molecule has 0 bridgehead atoms. The SMILES string of the molecule is C=C(C(=O)OC1CCOC(OC(C)=O)(C(F)(F)F)C1(F)F)C(F)(F)F. The molecule has 2 unspecified atom stereocenters. The van der Waals surface area contributed by atoms with Gasteiger partial charge in [0.25, 0.3) is 0 Å². The molecule has 0 spiro atoms. The number of hydrogen-bond donors (Lipinski definition) is 0. The molecule has 0 N–H and O–H groups in total. The van der Waals surface area contributed by atoms with E-state index in [0.717, 1.165) is 0 Å². The van der Waals surface area contributed by atoms with Crippen molar-refractivity contribution in [2.75, 3.05) is 6.61 Å². The molecule has 1 rings (SSSR count). The minimum absolute atomic E-state index is 0.383. The van der Waals surface area contributed by atoms with Gasteiger partial charge in [-0.3, -0.25) is 4.79 Å². The Morgan fingerprint density at radius 3 is 2.08 bits per heavy atom. The number of carbonyl (C=O) groups is 2. The topological polar surface area (TPSA) is 61.8 Å². The first-order valence-electron chi connectivity index (χ1n) is 6.31. The molecule has 0 aliphatic carbocycles. The van der Waals surface area contributed by atoms with Crippen molar-refractivity contribution < 1.29 is 58.9 Å². The molecule has 13 heteroatoms. The minimum atomic E-state index is -5.98. The summed E-state index contributed by atoms with van der Waals surface area (Å²) >= 11 is 0. The van der Waals surface area contributed by atoms with Gasteiger partial charge in [0.1, 0.15) is 5.57 Å². The van der Waals surface area contributed by atoms with E-state index in [0.29, 0.717) is 6.92 Å². The third-order valence-corrected chi connectivity index (χ3v) is 3.03. The highest BCUT2D eigenvalue weighted by Crippen LogP contribution is 2.51. The van der Waals surface area contributed by atoms with Crippen LogP contribution in [0.25, 0.3) is 0 Å². The lowest BCUT2D eigenvalue weighted by atomic mass is 9.96. The Bertz CT molecular complexity index is 567. The molecule has 1 aliphatic rings. The number of halogens is 8. The lowest BCUT2D eigenvalue weighted by molar-refractivity contribution is -0.454. The van der Waals surface area contributed by atoms with E-state index < -0.39 is 60.7 Å². The molecule has 1 saturated heterocycles. The second kappa shape index (κ2) is 6.42. The molecule has 1 heterocycles. The van der Waals surface area contributed by atoms with E-state index in [1.54, 1.807) is 0 Å². The van der Waals surface area contributed by atoms with Crippen molar-refractivity contribution in [3.8, 4) is 0 Å². The molecule has 0 radical (unpaired) electrons. The molecule has 25 heavy (non-hydrogen) atoms. The number of rotatable bonds is 3. The van der Waals surface area contributed by atoms with Crippen molar-refractivity contribution in [1.29, 1.82) is 0 Å². The van der Waals surface area contributed by atoms with Crippen LogP contribution in [0.5, 0.6) is 0 Å². The molecule has 0 saturated carbocycles. The van der Waals surface area contributed by atoms with Crippen molar-refractivity contribution in [2.45, 2.75) is 43.5 Å². The highest BCUT2D eigenvalue weighted by molar-refractivity contribution is 5.89. The lowest BCUT2D eigenvalue weighted by Gasteiger charge is -2.45. The lowest BCUT2D eigenvalue weighted by Crippen LogP contribution is -2.70. The van der Waals surface area contributed by atoms with Gasteiger partial charge in [0.2, 0.25) is 0 Å². The zero-order valence-corrected chi connectivity index (χ0v) is 12.3. The Kier molecular flexibility index (Phi) is 5.43. The number of alkyl halides is 8. The molecule has 0 aromatic carbocycles. The molecule has 0 aromatic heterocycles. The number of esters is 2. The first-order valence-corrected chi connectivity index (χ1v) is 6.31. The van der Waals surface area contributed by atoms with Crippen LogP contribution in [-0.2, 0) is 23.8 Å². The number of hydrogen-bond acceptors (Lipinski definition) is 5. The summed E-state index contributed by atoms with van der Waals surface area (Å²) < 4.78 is 116. The molecule has 0 amide bonds. The zero-order chi connectivity index (χ0) is 19.8. The van der Waals surface area contributed by atoms with E-state index in [2.05, 4.69) is 20.8 Å². The first-order chi connectivity index (χ1) is 11.1. The van der Waals surface area contributed by atoms with E-state index in [-0.39, 0.29) is 0 Å². The normalized spacial score (nSPS) is 26.7. The molecule has 5 nitrogen and oxygen atoms in total. The van der Waals surface area contributed by atoms with Crippen LogP contribution >= 0.6 is 0 Å². The van der Waals surface area contributed by atoms with E-state index in [9.17, 15) is 44.7 Å². The van der Waals surface area contributed by atoms with Gasteiger partial charge in [0, 0.05) is 13.3 Å². The summed E-state index contributed by atoms with van der Waals surface area (Å²) in [7, 11) is 0. The molecule has 1 fully saturated rings. The van der Waals surface area contributed by atoms with Crippen LogP contribution in [0.1, 0.15) is 13.3 Å². The summed E-state index contributed by atoms with van der Waals surface area (Å²) in [6.07, 6.45) is -15.4. The standard InChI is InChI=1S/C12H10F8O5/c1-5(10(15,16)17)8(22)24-7-3-4-23-11(9(7,13)14,12(18,19)20)25-6(2)21/h7H,1,3-4H2,2H3. The van der Waals surface area contributed by atoms with E-state index >= 15 is 0 Å². The van der Waals surface area contributed by atoms with Crippen LogP contribution in [0, 0.1) is 0 Å². The third kappa shape index (κ3) is 3.85. The zero-order valence-electron chi connectivity index (χ0n) is 12.3. The largest absolute Gasteiger partial charge is 0.462 e. The van der Waals surface area contributed by atoms with E-state index in [1.165, 1.54) is 0 Å². The maximum atomic E-state index is 14.3.